The highest BCUT2D eigenvalue weighted by molar-refractivity contribution is 5.78. The summed E-state index contributed by atoms with van der Waals surface area (Å²) in [7, 11) is 0. The molecule has 0 aromatic heterocycles. The number of nitrogens with one attached hydrogen (secondary N) is 1. The van der Waals surface area contributed by atoms with Gasteiger partial charge < -0.3 is 20.4 Å². The molecular formula is C25H42N2O3. The number of hydrogen-bond acceptors (Lipinski definition) is 4. The van der Waals surface area contributed by atoms with Gasteiger partial charge in [-0.25, -0.2) is 0 Å². The molecule has 170 valence electrons. The molecule has 1 aliphatic heterocycles. The number of fused-ring (bicyclic) bond motifs is 1. The minimum Gasteiger partial charge on any atom is -0.392 e. The number of aliphatic hydroxyl groups is 2. The van der Waals surface area contributed by atoms with Crippen molar-refractivity contribution in [2.75, 3.05) is 26.2 Å². The Balaban J connectivity index is 1.40. The van der Waals surface area contributed by atoms with Crippen LogP contribution in [0.3, 0.4) is 0 Å². The molecule has 0 unspecified atom stereocenters. The molecule has 5 atom stereocenters. The Morgan fingerprint density at radius 1 is 1.37 bits per heavy atom. The third-order valence-corrected chi connectivity index (χ3v) is 7.29. The van der Waals surface area contributed by atoms with Gasteiger partial charge in [0.05, 0.1) is 18.2 Å². The molecule has 1 heterocycles. The zero-order valence-electron chi connectivity index (χ0n) is 19.0. The number of amides is 1. The van der Waals surface area contributed by atoms with Crippen LogP contribution in [0.15, 0.2) is 23.8 Å². The molecule has 0 aromatic rings. The zero-order valence-corrected chi connectivity index (χ0v) is 19.0. The fourth-order valence-corrected chi connectivity index (χ4v) is 5.45. The molecule has 1 amide bonds. The zero-order chi connectivity index (χ0) is 21.6. The summed E-state index contributed by atoms with van der Waals surface area (Å²) in [5, 5.41) is 24.3. The second kappa shape index (κ2) is 10.9. The van der Waals surface area contributed by atoms with Gasteiger partial charge in [-0.05, 0) is 70.3 Å². The predicted octanol–water partition coefficient (Wildman–Crippen LogP) is 3.42. The summed E-state index contributed by atoms with van der Waals surface area (Å²) in [5.41, 5.74) is 0.818. The van der Waals surface area contributed by atoms with E-state index in [-0.39, 0.29) is 17.9 Å². The number of carbonyl (C=O) groups excluding carboxylic acids is 1. The SMILES string of the molecule is CCCC[C@](C)(O)C/C=C/[C@@H]1[C@H]2CC(CCNCC(=O)N3CCCC3)=C[C@H]2C[C@H]1O. The number of nitrogens with zero attached hydrogens (tertiary/aromatic N) is 1. The van der Waals surface area contributed by atoms with Crippen molar-refractivity contribution < 1.29 is 15.0 Å². The first kappa shape index (κ1) is 23.5. The van der Waals surface area contributed by atoms with Crippen molar-refractivity contribution in [3.63, 3.8) is 0 Å². The van der Waals surface area contributed by atoms with Crippen molar-refractivity contribution in [2.24, 2.45) is 17.8 Å². The van der Waals surface area contributed by atoms with Crippen LogP contribution < -0.4 is 5.32 Å². The van der Waals surface area contributed by atoms with Gasteiger partial charge in [-0.1, -0.05) is 43.6 Å². The molecule has 0 radical (unpaired) electrons. The number of hydrogen-bond donors (Lipinski definition) is 3. The molecule has 5 heteroatoms. The summed E-state index contributed by atoms with van der Waals surface area (Å²) in [5.74, 6) is 1.37. The van der Waals surface area contributed by atoms with Crippen LogP contribution in [0.2, 0.25) is 0 Å². The summed E-state index contributed by atoms with van der Waals surface area (Å²) >= 11 is 0. The van der Waals surface area contributed by atoms with Crippen molar-refractivity contribution >= 4 is 5.91 Å². The van der Waals surface area contributed by atoms with Crippen LogP contribution in [-0.2, 0) is 4.79 Å². The van der Waals surface area contributed by atoms with Crippen molar-refractivity contribution in [1.82, 2.24) is 10.2 Å². The smallest absolute Gasteiger partial charge is 0.236 e. The van der Waals surface area contributed by atoms with Crippen molar-refractivity contribution in [2.45, 2.75) is 83.3 Å². The number of carbonyl (C=O) groups is 1. The molecule has 0 bridgehead atoms. The molecular weight excluding hydrogens is 376 g/mol. The highest BCUT2D eigenvalue weighted by atomic mass is 16.3. The molecule has 30 heavy (non-hydrogen) atoms. The van der Waals surface area contributed by atoms with Crippen LogP contribution in [-0.4, -0.2) is 58.9 Å². The van der Waals surface area contributed by atoms with Gasteiger partial charge in [0, 0.05) is 19.0 Å². The largest absolute Gasteiger partial charge is 0.392 e. The molecule has 3 aliphatic rings. The van der Waals surface area contributed by atoms with E-state index in [1.165, 1.54) is 5.57 Å². The van der Waals surface area contributed by atoms with Gasteiger partial charge in [0.25, 0.3) is 0 Å². The first-order chi connectivity index (χ1) is 14.4. The maximum Gasteiger partial charge on any atom is 0.236 e. The van der Waals surface area contributed by atoms with Crippen LogP contribution in [0, 0.1) is 17.8 Å². The van der Waals surface area contributed by atoms with Crippen molar-refractivity contribution in [3.8, 4) is 0 Å². The lowest BCUT2D eigenvalue weighted by molar-refractivity contribution is -0.129. The fourth-order valence-electron chi connectivity index (χ4n) is 5.45. The Labute approximate surface area is 182 Å². The van der Waals surface area contributed by atoms with Crippen LogP contribution in [0.4, 0.5) is 0 Å². The fraction of sp³-hybridized carbons (Fsp3) is 0.800. The molecule has 2 fully saturated rings. The van der Waals surface area contributed by atoms with E-state index in [0.29, 0.717) is 24.8 Å². The summed E-state index contributed by atoms with van der Waals surface area (Å²) in [6.45, 7) is 7.18. The van der Waals surface area contributed by atoms with Crippen LogP contribution in [0.5, 0.6) is 0 Å². The van der Waals surface area contributed by atoms with Gasteiger partial charge in [-0.3, -0.25) is 4.79 Å². The number of allylic oxidation sites excluding steroid dienone is 1. The summed E-state index contributed by atoms with van der Waals surface area (Å²) in [6.07, 6.45) is 15.1. The summed E-state index contributed by atoms with van der Waals surface area (Å²) in [4.78, 5) is 14.1. The lowest BCUT2D eigenvalue weighted by Gasteiger charge is -2.22. The second-order valence-corrected chi connectivity index (χ2v) is 9.98. The van der Waals surface area contributed by atoms with E-state index in [4.69, 9.17) is 0 Å². The molecule has 1 saturated carbocycles. The van der Waals surface area contributed by atoms with Crippen LogP contribution >= 0.6 is 0 Å². The number of likely N-dealkylation sites (tertiary alicyclic amines) is 1. The Hall–Kier alpha value is -1.17. The highest BCUT2D eigenvalue weighted by Gasteiger charge is 2.43. The van der Waals surface area contributed by atoms with Crippen molar-refractivity contribution in [1.29, 1.82) is 0 Å². The third kappa shape index (κ3) is 6.41. The molecule has 0 aromatic carbocycles. The topological polar surface area (TPSA) is 72.8 Å². The van der Waals surface area contributed by atoms with Crippen LogP contribution in [0.25, 0.3) is 0 Å². The summed E-state index contributed by atoms with van der Waals surface area (Å²) in [6, 6.07) is 0. The lowest BCUT2D eigenvalue weighted by Crippen LogP contribution is -2.36. The molecule has 3 rings (SSSR count). The Kier molecular flexibility index (Phi) is 8.55. The van der Waals surface area contributed by atoms with Crippen molar-refractivity contribution in [3.05, 3.63) is 23.8 Å². The number of rotatable bonds is 11. The van der Waals surface area contributed by atoms with Gasteiger partial charge in [0.15, 0.2) is 0 Å². The maximum atomic E-state index is 12.1. The Bertz CT molecular complexity index is 622. The molecule has 5 nitrogen and oxygen atoms in total. The lowest BCUT2D eigenvalue weighted by atomic mass is 9.88. The minimum absolute atomic E-state index is 0.190. The normalized spacial score (nSPS) is 30.7. The van der Waals surface area contributed by atoms with Gasteiger partial charge in [-0.2, -0.15) is 0 Å². The average molecular weight is 419 g/mol. The van der Waals surface area contributed by atoms with E-state index in [2.05, 4.69) is 30.5 Å². The maximum absolute atomic E-state index is 12.1. The first-order valence-electron chi connectivity index (χ1n) is 12.1. The molecule has 1 saturated heterocycles. The third-order valence-electron chi connectivity index (χ3n) is 7.29. The Morgan fingerprint density at radius 3 is 2.87 bits per heavy atom. The average Bonchev–Trinajstić information content (AvgIpc) is 3.42. The molecule has 2 aliphatic carbocycles. The van der Waals surface area contributed by atoms with E-state index < -0.39 is 5.60 Å². The number of aliphatic hydroxyl groups excluding tert-OH is 1. The van der Waals surface area contributed by atoms with Gasteiger partial charge in [0.1, 0.15) is 0 Å². The predicted molar refractivity (Wildman–Crippen MR) is 121 cm³/mol. The monoisotopic (exact) mass is 418 g/mol. The summed E-state index contributed by atoms with van der Waals surface area (Å²) < 4.78 is 0. The van der Waals surface area contributed by atoms with Crippen LogP contribution in [0.1, 0.15) is 71.6 Å². The van der Waals surface area contributed by atoms with E-state index >= 15 is 0 Å². The molecule has 0 spiro atoms. The van der Waals surface area contributed by atoms with Gasteiger partial charge >= 0.3 is 0 Å². The van der Waals surface area contributed by atoms with Gasteiger partial charge in [-0.15, -0.1) is 0 Å². The second-order valence-electron chi connectivity index (χ2n) is 9.98. The van der Waals surface area contributed by atoms with Gasteiger partial charge in [0.2, 0.25) is 5.91 Å². The Morgan fingerprint density at radius 2 is 2.13 bits per heavy atom. The van der Waals surface area contributed by atoms with E-state index in [1.807, 2.05) is 11.8 Å². The minimum atomic E-state index is -0.646. The quantitative estimate of drug-likeness (QED) is 0.355. The van der Waals surface area contributed by atoms with E-state index in [1.54, 1.807) is 0 Å². The highest BCUT2D eigenvalue weighted by Crippen LogP contribution is 2.48. The van der Waals surface area contributed by atoms with E-state index in [0.717, 1.165) is 71.0 Å². The number of unbranched alkanes of at least 4 members (excludes halogenated alkanes) is 1. The standard InChI is InChI=1S/C25H42N2O3/c1-3-4-10-25(2,30)11-7-8-21-22-16-19(15-20(22)17-23(21)28)9-12-26-18-24(29)27-13-5-6-14-27/h7-8,15,20-23,26,28,30H,3-6,9-14,16-18H2,1-2H3/b8-7+/t20-,21+,22-,23+,25-/m0/s1. The van der Waals surface area contributed by atoms with E-state index in [9.17, 15) is 15.0 Å². The first-order valence-corrected chi connectivity index (χ1v) is 12.1. The molecule has 3 N–H and O–H groups in total.